The summed E-state index contributed by atoms with van der Waals surface area (Å²) in [4.78, 5) is 33.2. The molecule has 53 heavy (non-hydrogen) atoms. The van der Waals surface area contributed by atoms with Crippen molar-refractivity contribution in [2.24, 2.45) is 0 Å². The molecule has 3 fully saturated rings. The van der Waals surface area contributed by atoms with Crippen molar-refractivity contribution in [2.75, 3.05) is 43.9 Å². The largest absolute Gasteiger partial charge is 0.461 e. The average Bonchev–Trinajstić information content (AvgIpc) is 3.92. The zero-order valence-corrected chi connectivity index (χ0v) is 31.2. The number of likely N-dealkylation sites (tertiary alicyclic amines) is 1. The van der Waals surface area contributed by atoms with Crippen molar-refractivity contribution in [1.82, 2.24) is 29.3 Å². The van der Waals surface area contributed by atoms with Crippen molar-refractivity contribution < 1.29 is 22.7 Å². The minimum atomic E-state index is -0.971. The Hall–Kier alpha value is -4.65. The number of thiophene rings is 1. The van der Waals surface area contributed by atoms with Crippen LogP contribution in [0.1, 0.15) is 49.7 Å². The number of aromatic nitrogens is 4. The third kappa shape index (κ3) is 5.64. The summed E-state index contributed by atoms with van der Waals surface area (Å²) >= 11 is 7.81. The summed E-state index contributed by atoms with van der Waals surface area (Å²) in [6.45, 7) is 7.26. The van der Waals surface area contributed by atoms with Gasteiger partial charge in [-0.05, 0) is 64.3 Å². The number of imidazole rings is 1. The lowest BCUT2D eigenvalue weighted by Gasteiger charge is -2.33. The molecule has 0 aliphatic carbocycles. The van der Waals surface area contributed by atoms with Crippen molar-refractivity contribution in [2.45, 2.75) is 70.2 Å². The van der Waals surface area contributed by atoms with Gasteiger partial charge in [0.15, 0.2) is 5.82 Å². The number of halogens is 4. The Balaban J connectivity index is 1.24. The van der Waals surface area contributed by atoms with E-state index in [9.17, 15) is 18.8 Å². The molecule has 8 rings (SSSR count). The van der Waals surface area contributed by atoms with Gasteiger partial charge in [-0.3, -0.25) is 9.47 Å². The van der Waals surface area contributed by atoms with Gasteiger partial charge in [-0.2, -0.15) is 15.2 Å². The number of anilines is 2. The predicted molar refractivity (Wildman–Crippen MR) is 198 cm³/mol. The van der Waals surface area contributed by atoms with Crippen LogP contribution >= 0.6 is 22.9 Å². The zero-order valence-electron chi connectivity index (χ0n) is 29.6. The smallest absolute Gasteiger partial charge is 0.329 e. The van der Waals surface area contributed by atoms with Crippen molar-refractivity contribution in [3.63, 3.8) is 0 Å². The first-order chi connectivity index (χ1) is 25.3. The van der Waals surface area contributed by atoms with Gasteiger partial charge in [-0.1, -0.05) is 17.7 Å². The maximum Gasteiger partial charge on any atom is 0.329 e. The quantitative estimate of drug-likeness (QED) is 0.190. The van der Waals surface area contributed by atoms with Gasteiger partial charge < -0.3 is 20.3 Å². The number of carbonyl (C=O) groups excluding carboxylic acids is 1. The normalized spacial score (nSPS) is 22.9. The molecule has 16 heteroatoms. The first-order valence-electron chi connectivity index (χ1n) is 17.5. The van der Waals surface area contributed by atoms with E-state index in [0.29, 0.717) is 37.6 Å². The molecule has 0 saturated carbocycles. The number of alkyl halides is 1. The number of likely N-dealkylation sites (N-methyl/N-ethyl adjacent to an activating group) is 1. The Morgan fingerprint density at radius 2 is 2.04 bits per heavy atom. The average molecular weight is 764 g/mol. The molecule has 5 aromatic rings. The number of rotatable bonds is 6. The fourth-order valence-electron chi connectivity index (χ4n) is 8.71. The number of nitrogen functional groups attached to an aromatic ring is 1. The van der Waals surface area contributed by atoms with Gasteiger partial charge in [0.2, 0.25) is 0 Å². The summed E-state index contributed by atoms with van der Waals surface area (Å²) in [7, 11) is 1.83. The van der Waals surface area contributed by atoms with Crippen LogP contribution < -0.4 is 15.4 Å². The van der Waals surface area contributed by atoms with Crippen molar-refractivity contribution in [1.29, 1.82) is 5.26 Å². The van der Waals surface area contributed by atoms with Gasteiger partial charge >= 0.3 is 12.0 Å². The highest BCUT2D eigenvalue weighted by molar-refractivity contribution is 7.23. The molecule has 2 aromatic carbocycles. The number of nitrogens with two attached hydrogens (primary N) is 1. The Morgan fingerprint density at radius 1 is 1.25 bits per heavy atom. The van der Waals surface area contributed by atoms with Gasteiger partial charge in [-0.25, -0.2) is 22.9 Å². The van der Waals surface area contributed by atoms with E-state index in [4.69, 9.17) is 27.1 Å². The van der Waals surface area contributed by atoms with E-state index < -0.39 is 23.3 Å². The highest BCUT2D eigenvalue weighted by atomic mass is 35.5. The number of benzene rings is 2. The number of nitrogens with zero attached hydrogens (tertiary/aromatic N) is 8. The lowest BCUT2D eigenvalue weighted by Crippen LogP contribution is -2.45. The number of fused-ring (bicyclic) bond motifs is 3. The van der Waals surface area contributed by atoms with Crippen LogP contribution in [-0.4, -0.2) is 92.4 Å². The summed E-state index contributed by atoms with van der Waals surface area (Å²) in [5.74, 6) is -0.493. The summed E-state index contributed by atoms with van der Waals surface area (Å²) in [6.07, 6.45) is 3.33. The molecule has 3 aromatic heterocycles. The highest BCUT2D eigenvalue weighted by Crippen LogP contribution is 2.46. The summed E-state index contributed by atoms with van der Waals surface area (Å²) < 4.78 is 54.7. The third-order valence-corrected chi connectivity index (χ3v) is 12.6. The van der Waals surface area contributed by atoms with Crippen LogP contribution in [0, 0.1) is 36.8 Å². The second-order valence-electron chi connectivity index (χ2n) is 14.4. The van der Waals surface area contributed by atoms with Crippen LogP contribution in [0.2, 0.25) is 5.02 Å². The van der Waals surface area contributed by atoms with Crippen LogP contribution in [0.4, 0.5) is 28.8 Å². The summed E-state index contributed by atoms with van der Waals surface area (Å²) in [5, 5.41) is 10.5. The van der Waals surface area contributed by atoms with E-state index in [1.807, 2.05) is 31.9 Å². The molecule has 3 saturated heterocycles. The summed E-state index contributed by atoms with van der Waals surface area (Å²) in [5.41, 5.74) is 6.36. The van der Waals surface area contributed by atoms with E-state index in [2.05, 4.69) is 14.9 Å². The molecule has 0 radical (unpaired) electrons. The predicted octanol–water partition coefficient (Wildman–Crippen LogP) is 7.23. The van der Waals surface area contributed by atoms with E-state index in [0.717, 1.165) is 36.4 Å². The van der Waals surface area contributed by atoms with Crippen LogP contribution in [0.5, 0.6) is 6.01 Å². The van der Waals surface area contributed by atoms with Crippen LogP contribution in [-0.2, 0) is 0 Å². The number of aryl methyl sites for hydroxylation is 2. The number of hydrogen-bond acceptors (Lipinski definition) is 10. The maximum atomic E-state index is 17.2. The Morgan fingerprint density at radius 3 is 2.77 bits per heavy atom. The zero-order chi connectivity index (χ0) is 37.5. The second-order valence-corrected chi connectivity index (χ2v) is 15.8. The van der Waals surface area contributed by atoms with Crippen LogP contribution in [0.3, 0.4) is 0 Å². The molecule has 3 aliphatic rings. The molecule has 2 N–H and O–H groups in total. The van der Waals surface area contributed by atoms with Crippen molar-refractivity contribution >= 4 is 60.8 Å². The first-order valence-corrected chi connectivity index (χ1v) is 18.7. The molecule has 1 amide bonds. The highest BCUT2D eigenvalue weighted by Gasteiger charge is 2.49. The van der Waals surface area contributed by atoms with Crippen molar-refractivity contribution in [3.05, 3.63) is 58.1 Å². The molecule has 0 unspecified atom stereocenters. The van der Waals surface area contributed by atoms with Crippen LogP contribution in [0.15, 0.2) is 24.4 Å². The maximum absolute atomic E-state index is 17.2. The summed E-state index contributed by atoms with van der Waals surface area (Å²) in [6, 6.07) is 5.34. The number of amides is 1. The molecular weight excluding hydrogens is 727 g/mol. The molecular formula is C37H37ClF3N9O2S. The van der Waals surface area contributed by atoms with E-state index >= 15 is 4.39 Å². The van der Waals surface area contributed by atoms with Gasteiger partial charge in [0, 0.05) is 49.1 Å². The topological polar surface area (TPSA) is 129 Å². The molecule has 276 valence electrons. The fourth-order valence-corrected chi connectivity index (χ4v) is 9.96. The van der Waals surface area contributed by atoms with E-state index in [1.54, 1.807) is 28.7 Å². The number of nitriles is 1. The molecule has 0 spiro atoms. The number of ether oxygens (including phenoxy) is 1. The van der Waals surface area contributed by atoms with E-state index in [-0.39, 0.29) is 78.4 Å². The van der Waals surface area contributed by atoms with Crippen molar-refractivity contribution in [3.8, 4) is 23.2 Å². The lowest BCUT2D eigenvalue weighted by molar-refractivity contribution is 0.107. The van der Waals surface area contributed by atoms with Gasteiger partial charge in [0.25, 0.3) is 0 Å². The Labute approximate surface area is 312 Å². The minimum absolute atomic E-state index is 0.00820. The molecule has 6 heterocycles. The minimum Gasteiger partial charge on any atom is -0.461 e. The third-order valence-electron chi connectivity index (χ3n) is 11.3. The Bertz CT molecular complexity index is 2360. The van der Waals surface area contributed by atoms with Crippen LogP contribution in [0.25, 0.3) is 32.1 Å². The fraction of sp³-hybridized carbons (Fsp3) is 0.432. The monoisotopic (exact) mass is 763 g/mol. The number of carbonyl (C=O) groups is 1. The first kappa shape index (κ1) is 35.4. The SMILES string of the molecule is Cc1cn(C(=O)N2CC[C@@H](N(C)c3nc(OC[C@@]45CCCN4C[C@H](F)C5)nc4c(F)c(-c5ccc(F)c6sc(N)c(C#N)c56)c(Cl)cc34)[C@H]2C)c(C)n1. The van der Waals surface area contributed by atoms with Gasteiger partial charge in [0.05, 0.1) is 38.6 Å². The van der Waals surface area contributed by atoms with Gasteiger partial charge in [-0.15, -0.1) is 11.3 Å². The standard InChI is InChI=1S/C37H37ClF3N9O2S/c1-18-15-50(20(3)44-18)36(51)49-11-8-27(19(49)2)47(4)34-23-12-25(38)29(22-6-7-26(40)32-28(22)24(14-42)33(43)53-32)30(41)31(23)45-35(46-34)52-17-37-9-5-10-48(37)16-21(39)13-37/h6-7,12,15,19,21,27H,5,8-11,13,16-17,43H2,1-4H3/t19-,21-,27-,37+/m1/s1. The second kappa shape index (κ2) is 13.0. The molecule has 3 aliphatic heterocycles. The molecule has 0 bridgehead atoms. The number of hydrogen-bond donors (Lipinski definition) is 1. The van der Waals surface area contributed by atoms with E-state index in [1.165, 1.54) is 12.1 Å². The molecule has 11 nitrogen and oxygen atoms in total. The molecule has 4 atom stereocenters. The lowest BCUT2D eigenvalue weighted by atomic mass is 9.95. The van der Waals surface area contributed by atoms with Gasteiger partial charge in [0.1, 0.15) is 46.8 Å². The Kier molecular flexibility index (Phi) is 8.70.